The van der Waals surface area contributed by atoms with Gasteiger partial charge in [0.25, 0.3) is 0 Å². The van der Waals surface area contributed by atoms with E-state index in [0.29, 0.717) is 44.7 Å². The number of methoxy groups -OCH3 is 1. The molecule has 8 heteroatoms. The first kappa shape index (κ1) is 25.9. The van der Waals surface area contributed by atoms with Crippen LogP contribution in [-0.4, -0.2) is 13.7 Å². The first-order chi connectivity index (χ1) is 14.5. The molecular weight excluding hydrogens is 500 g/mol. The predicted octanol–water partition coefficient (Wildman–Crippen LogP) is 7.64. The standard InChI is InChI=1S/C23H21Cl4NO2.ClH/c1-29-22-4-2-3-16(13-28-10-9-15-5-7-18(24)11-20(15)26)23(22)30-14-17-6-8-19(25)12-21(17)27;/h2-8,11-12,28H,9-10,13-14H2,1H3;1H. The summed E-state index contributed by atoms with van der Waals surface area (Å²) in [5.41, 5.74) is 2.89. The van der Waals surface area contributed by atoms with Crippen LogP contribution in [0.15, 0.2) is 54.6 Å². The van der Waals surface area contributed by atoms with Crippen molar-refractivity contribution in [1.29, 1.82) is 0 Å². The number of rotatable bonds is 9. The third kappa shape index (κ3) is 7.35. The van der Waals surface area contributed by atoms with E-state index in [1.54, 1.807) is 25.3 Å². The van der Waals surface area contributed by atoms with Gasteiger partial charge in [-0.15, -0.1) is 12.4 Å². The highest BCUT2D eigenvalue weighted by atomic mass is 35.5. The van der Waals surface area contributed by atoms with E-state index in [1.807, 2.05) is 36.4 Å². The van der Waals surface area contributed by atoms with Crippen molar-refractivity contribution in [3.63, 3.8) is 0 Å². The topological polar surface area (TPSA) is 30.5 Å². The molecule has 0 heterocycles. The van der Waals surface area contributed by atoms with Crippen molar-refractivity contribution >= 4 is 58.8 Å². The Morgan fingerprint density at radius 3 is 2.06 bits per heavy atom. The van der Waals surface area contributed by atoms with E-state index in [4.69, 9.17) is 55.9 Å². The number of hydrogen-bond acceptors (Lipinski definition) is 3. The lowest BCUT2D eigenvalue weighted by molar-refractivity contribution is 0.281. The van der Waals surface area contributed by atoms with Crippen LogP contribution >= 0.6 is 58.8 Å². The first-order valence-electron chi connectivity index (χ1n) is 9.35. The number of halogens is 5. The Bertz CT molecular complexity index is 1010. The second-order valence-corrected chi connectivity index (χ2v) is 8.32. The van der Waals surface area contributed by atoms with E-state index >= 15 is 0 Å². The molecule has 0 aliphatic heterocycles. The Labute approximate surface area is 209 Å². The van der Waals surface area contributed by atoms with Crippen LogP contribution in [0.25, 0.3) is 0 Å². The van der Waals surface area contributed by atoms with Crippen LogP contribution in [0.1, 0.15) is 16.7 Å². The Kier molecular flexibility index (Phi) is 10.6. The third-order valence-corrected chi connectivity index (χ3v) is 5.74. The molecule has 0 saturated carbocycles. The molecule has 0 aromatic heterocycles. The van der Waals surface area contributed by atoms with Crippen molar-refractivity contribution < 1.29 is 9.47 Å². The molecular formula is C23H22Cl5NO2. The van der Waals surface area contributed by atoms with E-state index in [2.05, 4.69) is 5.32 Å². The monoisotopic (exact) mass is 519 g/mol. The van der Waals surface area contributed by atoms with Gasteiger partial charge in [0.05, 0.1) is 7.11 Å². The van der Waals surface area contributed by atoms with Crippen LogP contribution in [-0.2, 0) is 19.6 Å². The second kappa shape index (κ2) is 12.6. The zero-order chi connectivity index (χ0) is 21.5. The summed E-state index contributed by atoms with van der Waals surface area (Å²) < 4.78 is 11.6. The molecule has 3 aromatic rings. The van der Waals surface area contributed by atoms with E-state index in [9.17, 15) is 0 Å². The van der Waals surface area contributed by atoms with Gasteiger partial charge in [0.15, 0.2) is 11.5 Å². The SMILES string of the molecule is COc1cccc(CNCCc2ccc(Cl)cc2Cl)c1OCc1ccc(Cl)cc1Cl.Cl. The number of hydrogen-bond donors (Lipinski definition) is 1. The van der Waals surface area contributed by atoms with Gasteiger partial charge in [-0.3, -0.25) is 0 Å². The summed E-state index contributed by atoms with van der Waals surface area (Å²) in [6.07, 6.45) is 0.788. The molecule has 3 rings (SSSR count). The molecule has 0 atom stereocenters. The van der Waals surface area contributed by atoms with Gasteiger partial charge in [-0.25, -0.2) is 0 Å². The average molecular weight is 522 g/mol. The van der Waals surface area contributed by atoms with Crippen LogP contribution in [0, 0.1) is 0 Å². The fourth-order valence-electron chi connectivity index (χ4n) is 2.98. The van der Waals surface area contributed by atoms with Crippen molar-refractivity contribution in [1.82, 2.24) is 5.32 Å². The predicted molar refractivity (Wildman–Crippen MR) is 133 cm³/mol. The smallest absolute Gasteiger partial charge is 0.166 e. The average Bonchev–Trinajstić information content (AvgIpc) is 2.72. The molecule has 0 aliphatic carbocycles. The Morgan fingerprint density at radius 1 is 0.806 bits per heavy atom. The highest BCUT2D eigenvalue weighted by molar-refractivity contribution is 6.35. The molecule has 166 valence electrons. The lowest BCUT2D eigenvalue weighted by Gasteiger charge is -2.16. The third-order valence-electron chi connectivity index (χ3n) is 4.57. The zero-order valence-electron chi connectivity index (χ0n) is 16.8. The summed E-state index contributed by atoms with van der Waals surface area (Å²) in [6, 6.07) is 16.7. The maximum absolute atomic E-state index is 6.27. The highest BCUT2D eigenvalue weighted by Crippen LogP contribution is 2.33. The summed E-state index contributed by atoms with van der Waals surface area (Å²) in [7, 11) is 1.62. The maximum Gasteiger partial charge on any atom is 0.166 e. The minimum atomic E-state index is 0. The van der Waals surface area contributed by atoms with Crippen LogP contribution < -0.4 is 14.8 Å². The molecule has 0 amide bonds. The number of ether oxygens (including phenoxy) is 2. The molecule has 0 saturated heterocycles. The summed E-state index contributed by atoms with van der Waals surface area (Å²) >= 11 is 24.4. The molecule has 0 unspecified atom stereocenters. The largest absolute Gasteiger partial charge is 0.493 e. The molecule has 31 heavy (non-hydrogen) atoms. The maximum atomic E-state index is 6.27. The molecule has 3 aromatic carbocycles. The van der Waals surface area contributed by atoms with Crippen molar-refractivity contribution in [3.8, 4) is 11.5 Å². The first-order valence-corrected chi connectivity index (χ1v) is 10.9. The van der Waals surface area contributed by atoms with Gasteiger partial charge in [-0.2, -0.15) is 0 Å². The molecule has 0 fully saturated rings. The fourth-order valence-corrected chi connectivity index (χ4v) is 3.95. The lowest BCUT2D eigenvalue weighted by atomic mass is 10.1. The molecule has 3 nitrogen and oxygen atoms in total. The van der Waals surface area contributed by atoms with Crippen LogP contribution in [0.4, 0.5) is 0 Å². The van der Waals surface area contributed by atoms with E-state index < -0.39 is 0 Å². The van der Waals surface area contributed by atoms with Gasteiger partial charge in [-0.1, -0.05) is 70.7 Å². The number of benzene rings is 3. The van der Waals surface area contributed by atoms with Gasteiger partial charge in [0.1, 0.15) is 6.61 Å². The van der Waals surface area contributed by atoms with Crippen LogP contribution in [0.3, 0.4) is 0 Å². The highest BCUT2D eigenvalue weighted by Gasteiger charge is 2.12. The van der Waals surface area contributed by atoms with E-state index in [1.165, 1.54) is 0 Å². The summed E-state index contributed by atoms with van der Waals surface area (Å²) in [6.45, 7) is 1.68. The molecule has 0 bridgehead atoms. The van der Waals surface area contributed by atoms with Crippen molar-refractivity contribution in [3.05, 3.63) is 91.4 Å². The molecule has 1 N–H and O–H groups in total. The Hall–Kier alpha value is -1.33. The second-order valence-electron chi connectivity index (χ2n) is 6.64. The minimum Gasteiger partial charge on any atom is -0.493 e. The lowest BCUT2D eigenvalue weighted by Crippen LogP contribution is -2.17. The van der Waals surface area contributed by atoms with E-state index in [-0.39, 0.29) is 12.4 Å². The minimum absolute atomic E-state index is 0. The Morgan fingerprint density at radius 2 is 1.45 bits per heavy atom. The van der Waals surface area contributed by atoms with Gasteiger partial charge < -0.3 is 14.8 Å². The van der Waals surface area contributed by atoms with Gasteiger partial charge >= 0.3 is 0 Å². The zero-order valence-corrected chi connectivity index (χ0v) is 20.6. The fraction of sp³-hybridized carbons (Fsp3) is 0.217. The normalized spacial score (nSPS) is 10.5. The van der Waals surface area contributed by atoms with Gasteiger partial charge in [0.2, 0.25) is 0 Å². The van der Waals surface area contributed by atoms with E-state index in [0.717, 1.165) is 29.7 Å². The quantitative estimate of drug-likeness (QED) is 0.294. The summed E-state index contributed by atoms with van der Waals surface area (Å²) in [5, 5.41) is 5.90. The summed E-state index contributed by atoms with van der Waals surface area (Å²) in [4.78, 5) is 0. The van der Waals surface area contributed by atoms with Gasteiger partial charge in [0, 0.05) is 37.8 Å². The number of para-hydroxylation sites is 1. The van der Waals surface area contributed by atoms with Crippen LogP contribution in [0.5, 0.6) is 11.5 Å². The molecule has 0 spiro atoms. The van der Waals surface area contributed by atoms with Gasteiger partial charge in [-0.05, 0) is 48.9 Å². The Balaban J connectivity index is 0.00000341. The molecule has 0 aliphatic rings. The van der Waals surface area contributed by atoms with Crippen molar-refractivity contribution in [2.75, 3.05) is 13.7 Å². The molecule has 0 radical (unpaired) electrons. The number of nitrogens with one attached hydrogen (secondary N) is 1. The van der Waals surface area contributed by atoms with Crippen LogP contribution in [0.2, 0.25) is 20.1 Å². The van der Waals surface area contributed by atoms with Crippen molar-refractivity contribution in [2.24, 2.45) is 0 Å². The summed E-state index contributed by atoms with van der Waals surface area (Å²) in [5.74, 6) is 1.35. The van der Waals surface area contributed by atoms with Crippen molar-refractivity contribution in [2.45, 2.75) is 19.6 Å².